The van der Waals surface area contributed by atoms with Gasteiger partial charge in [0.1, 0.15) is 0 Å². The molecule has 76 valence electrons. The number of amides is 1. The van der Waals surface area contributed by atoms with E-state index in [1.807, 2.05) is 0 Å². The number of primary amides is 1. The molecule has 1 amide bonds. The molecule has 13 heavy (non-hydrogen) atoms. The molecule has 0 aromatic rings. The zero-order valence-electron chi connectivity index (χ0n) is 8.38. The summed E-state index contributed by atoms with van der Waals surface area (Å²) in [6.45, 7) is 2.15. The highest BCUT2D eigenvalue weighted by Crippen LogP contribution is 2.27. The number of carbonyl (C=O) groups is 1. The number of hydrogen-bond donors (Lipinski definition) is 2. The molecule has 1 aliphatic carbocycles. The summed E-state index contributed by atoms with van der Waals surface area (Å²) in [5.74, 6) is 0.194. The van der Waals surface area contributed by atoms with Crippen LogP contribution in [0.15, 0.2) is 0 Å². The lowest BCUT2D eigenvalue weighted by atomic mass is 9.79. The molecule has 4 N–H and O–H groups in total. The van der Waals surface area contributed by atoms with Gasteiger partial charge in [0.15, 0.2) is 0 Å². The summed E-state index contributed by atoms with van der Waals surface area (Å²) in [5.41, 5.74) is 10.6. The molecule has 3 heteroatoms. The van der Waals surface area contributed by atoms with Gasteiger partial charge < -0.3 is 11.5 Å². The Morgan fingerprint density at radius 3 is 2.69 bits per heavy atom. The number of carbonyl (C=O) groups excluding carboxylic acids is 1. The van der Waals surface area contributed by atoms with Crippen molar-refractivity contribution in [3.05, 3.63) is 0 Å². The summed E-state index contributed by atoms with van der Waals surface area (Å²) in [6.07, 6.45) is 6.15. The van der Waals surface area contributed by atoms with Gasteiger partial charge in [-0.2, -0.15) is 0 Å². The van der Waals surface area contributed by atoms with Crippen molar-refractivity contribution in [1.29, 1.82) is 0 Å². The third kappa shape index (κ3) is 2.69. The van der Waals surface area contributed by atoms with Crippen LogP contribution in [0.4, 0.5) is 0 Å². The fourth-order valence-electron chi connectivity index (χ4n) is 2.16. The lowest BCUT2D eigenvalue weighted by molar-refractivity contribution is -0.124. The van der Waals surface area contributed by atoms with Crippen molar-refractivity contribution in [3.63, 3.8) is 0 Å². The van der Waals surface area contributed by atoms with Crippen LogP contribution in [0.25, 0.3) is 0 Å². The molecule has 0 radical (unpaired) electrons. The van der Waals surface area contributed by atoms with Crippen LogP contribution >= 0.6 is 0 Å². The summed E-state index contributed by atoms with van der Waals surface area (Å²) < 4.78 is 0. The van der Waals surface area contributed by atoms with Gasteiger partial charge in [0, 0.05) is 0 Å². The standard InChI is InChI=1S/C10H20N2O/c1-8-5-3-2-4-6-10(12,7-8)9(11)13/h8H,2-7,12H2,1H3,(H2,11,13). The third-order valence-corrected chi connectivity index (χ3v) is 3.02. The van der Waals surface area contributed by atoms with E-state index in [2.05, 4.69) is 6.92 Å². The maximum Gasteiger partial charge on any atom is 0.237 e. The van der Waals surface area contributed by atoms with E-state index < -0.39 is 5.54 Å². The second-order valence-electron chi connectivity index (χ2n) is 4.43. The maximum absolute atomic E-state index is 11.2. The van der Waals surface area contributed by atoms with Gasteiger partial charge in [-0.25, -0.2) is 0 Å². The first kappa shape index (κ1) is 10.5. The molecule has 0 bridgehead atoms. The Hall–Kier alpha value is -0.570. The van der Waals surface area contributed by atoms with Crippen LogP contribution in [0.3, 0.4) is 0 Å². The molecule has 1 rings (SSSR count). The summed E-state index contributed by atoms with van der Waals surface area (Å²) >= 11 is 0. The van der Waals surface area contributed by atoms with Crippen LogP contribution in [-0.4, -0.2) is 11.4 Å². The molecule has 1 aliphatic rings. The van der Waals surface area contributed by atoms with Crippen LogP contribution in [0.2, 0.25) is 0 Å². The summed E-state index contributed by atoms with van der Waals surface area (Å²) in [6, 6.07) is 0. The van der Waals surface area contributed by atoms with Crippen molar-refractivity contribution in [2.45, 2.75) is 51.0 Å². The second-order valence-corrected chi connectivity index (χ2v) is 4.43. The molecule has 0 aromatic heterocycles. The molecule has 0 saturated heterocycles. The predicted molar refractivity (Wildman–Crippen MR) is 53.0 cm³/mol. The van der Waals surface area contributed by atoms with Crippen molar-refractivity contribution in [3.8, 4) is 0 Å². The molecule has 1 fully saturated rings. The molecule has 0 heterocycles. The minimum Gasteiger partial charge on any atom is -0.368 e. The smallest absolute Gasteiger partial charge is 0.237 e. The van der Waals surface area contributed by atoms with E-state index in [1.165, 1.54) is 19.3 Å². The average Bonchev–Trinajstić information content (AvgIpc) is 2.00. The molecule has 3 nitrogen and oxygen atoms in total. The SMILES string of the molecule is CC1CCCCCC(N)(C(N)=O)C1. The maximum atomic E-state index is 11.2. The van der Waals surface area contributed by atoms with E-state index in [1.54, 1.807) is 0 Å². The number of rotatable bonds is 1. The molecule has 0 aliphatic heterocycles. The number of nitrogens with two attached hydrogens (primary N) is 2. The van der Waals surface area contributed by atoms with Crippen molar-refractivity contribution in [2.75, 3.05) is 0 Å². The summed E-state index contributed by atoms with van der Waals surface area (Å²) in [7, 11) is 0. The quantitative estimate of drug-likeness (QED) is 0.642. The van der Waals surface area contributed by atoms with Gasteiger partial charge >= 0.3 is 0 Å². The van der Waals surface area contributed by atoms with Gasteiger partial charge in [-0.1, -0.05) is 32.6 Å². The Bertz CT molecular complexity index is 193. The fraction of sp³-hybridized carbons (Fsp3) is 0.900. The predicted octanol–water partition coefficient (Wildman–Crippen LogP) is 1.16. The molecular formula is C10H20N2O. The normalized spacial score (nSPS) is 36.3. The Kier molecular flexibility index (Phi) is 3.31. The molecular weight excluding hydrogens is 164 g/mol. The van der Waals surface area contributed by atoms with Gasteiger partial charge in [0.25, 0.3) is 0 Å². The monoisotopic (exact) mass is 184 g/mol. The Morgan fingerprint density at radius 2 is 2.08 bits per heavy atom. The highest BCUT2D eigenvalue weighted by Gasteiger charge is 2.33. The summed E-state index contributed by atoms with van der Waals surface area (Å²) in [4.78, 5) is 11.2. The molecule has 0 spiro atoms. The van der Waals surface area contributed by atoms with Crippen molar-refractivity contribution in [1.82, 2.24) is 0 Å². The van der Waals surface area contributed by atoms with E-state index in [9.17, 15) is 4.79 Å². The Morgan fingerprint density at radius 1 is 1.38 bits per heavy atom. The van der Waals surface area contributed by atoms with E-state index >= 15 is 0 Å². The van der Waals surface area contributed by atoms with Crippen molar-refractivity contribution >= 4 is 5.91 Å². The zero-order valence-corrected chi connectivity index (χ0v) is 8.38. The van der Waals surface area contributed by atoms with Gasteiger partial charge in [-0.15, -0.1) is 0 Å². The Balaban J connectivity index is 2.64. The van der Waals surface area contributed by atoms with Gasteiger partial charge in [0.05, 0.1) is 5.54 Å². The molecule has 1 saturated carbocycles. The van der Waals surface area contributed by atoms with E-state index in [0.717, 1.165) is 19.3 Å². The zero-order chi connectivity index (χ0) is 9.90. The van der Waals surface area contributed by atoms with Crippen LogP contribution in [0.1, 0.15) is 45.4 Å². The highest BCUT2D eigenvalue weighted by molar-refractivity contribution is 5.84. The van der Waals surface area contributed by atoms with Crippen molar-refractivity contribution in [2.24, 2.45) is 17.4 Å². The van der Waals surface area contributed by atoms with Crippen LogP contribution < -0.4 is 11.5 Å². The largest absolute Gasteiger partial charge is 0.368 e. The lowest BCUT2D eigenvalue weighted by Crippen LogP contribution is -2.53. The van der Waals surface area contributed by atoms with Crippen LogP contribution in [0, 0.1) is 5.92 Å². The topological polar surface area (TPSA) is 69.1 Å². The van der Waals surface area contributed by atoms with Crippen LogP contribution in [-0.2, 0) is 4.79 Å². The van der Waals surface area contributed by atoms with Gasteiger partial charge in [-0.05, 0) is 18.8 Å². The Labute approximate surface area is 79.9 Å². The van der Waals surface area contributed by atoms with Gasteiger partial charge in [0.2, 0.25) is 5.91 Å². The van der Waals surface area contributed by atoms with Crippen molar-refractivity contribution < 1.29 is 4.79 Å². The number of hydrogen-bond acceptors (Lipinski definition) is 2. The average molecular weight is 184 g/mol. The highest BCUT2D eigenvalue weighted by atomic mass is 16.1. The molecule has 2 unspecified atom stereocenters. The fourth-order valence-corrected chi connectivity index (χ4v) is 2.16. The first-order valence-electron chi connectivity index (χ1n) is 5.13. The third-order valence-electron chi connectivity index (χ3n) is 3.02. The molecule has 0 aromatic carbocycles. The summed E-state index contributed by atoms with van der Waals surface area (Å²) in [5, 5.41) is 0. The first-order valence-corrected chi connectivity index (χ1v) is 5.13. The minimum absolute atomic E-state index is 0.332. The van der Waals surface area contributed by atoms with E-state index in [-0.39, 0.29) is 5.91 Å². The molecule has 2 atom stereocenters. The van der Waals surface area contributed by atoms with Crippen LogP contribution in [0.5, 0.6) is 0 Å². The first-order chi connectivity index (χ1) is 6.04. The van der Waals surface area contributed by atoms with E-state index in [0.29, 0.717) is 5.92 Å². The minimum atomic E-state index is -0.736. The van der Waals surface area contributed by atoms with Gasteiger partial charge in [-0.3, -0.25) is 4.79 Å². The lowest BCUT2D eigenvalue weighted by Gasteiger charge is -2.31. The van der Waals surface area contributed by atoms with E-state index in [4.69, 9.17) is 11.5 Å². The second kappa shape index (κ2) is 4.09.